The fourth-order valence-electron chi connectivity index (χ4n) is 0.696. The molecule has 0 aromatic rings. The largest absolute Gasteiger partial charge is 0.391 e. The minimum absolute atomic E-state index is 1.08. The van der Waals surface area contributed by atoms with E-state index in [4.69, 9.17) is 0 Å². The van der Waals surface area contributed by atoms with Gasteiger partial charge >= 0.3 is 0 Å². The van der Waals surface area contributed by atoms with E-state index < -0.39 is 0 Å². The zero-order chi connectivity index (χ0) is 7.66. The number of nitrogens with one attached hydrogen (secondary N) is 1. The van der Waals surface area contributed by atoms with Gasteiger partial charge in [-0.3, -0.25) is 0 Å². The Morgan fingerprint density at radius 2 is 2.20 bits per heavy atom. The van der Waals surface area contributed by atoms with Crippen molar-refractivity contribution < 1.29 is 0 Å². The van der Waals surface area contributed by atoms with Crippen LogP contribution in [0.2, 0.25) is 0 Å². The summed E-state index contributed by atoms with van der Waals surface area (Å²) in [6.07, 6.45) is 9.47. The van der Waals surface area contributed by atoms with Crippen LogP contribution in [0, 0.1) is 0 Å². The average molecular weight is 139 g/mol. The third-order valence-electron chi connectivity index (χ3n) is 1.27. The second-order valence-corrected chi connectivity index (χ2v) is 2.26. The molecule has 0 unspecified atom stereocenters. The van der Waals surface area contributed by atoms with Gasteiger partial charge in [-0.15, -0.1) is 0 Å². The molecule has 0 rings (SSSR count). The Kier molecular flexibility index (Phi) is 7.68. The van der Waals surface area contributed by atoms with Crippen molar-refractivity contribution in [2.45, 2.75) is 26.2 Å². The van der Waals surface area contributed by atoms with Gasteiger partial charge in [0.25, 0.3) is 0 Å². The summed E-state index contributed by atoms with van der Waals surface area (Å²) in [5.74, 6) is 0. The lowest BCUT2D eigenvalue weighted by Crippen LogP contribution is -2.05. The number of unbranched alkanes of at least 4 members (excludes halogenated alkanes) is 2. The molecule has 0 aromatic carbocycles. The Balaban J connectivity index is 2.90. The molecule has 1 N–H and O–H groups in total. The number of allylic oxidation sites excluding steroid dienone is 2. The summed E-state index contributed by atoms with van der Waals surface area (Å²) >= 11 is 0. The summed E-state index contributed by atoms with van der Waals surface area (Å²) < 4.78 is 0. The van der Waals surface area contributed by atoms with Gasteiger partial charge in [0.15, 0.2) is 0 Å². The quantitative estimate of drug-likeness (QED) is 0.440. The van der Waals surface area contributed by atoms with Crippen molar-refractivity contribution in [3.8, 4) is 0 Å². The van der Waals surface area contributed by atoms with Gasteiger partial charge in [0, 0.05) is 6.54 Å². The molecule has 58 valence electrons. The van der Waals surface area contributed by atoms with Crippen molar-refractivity contribution in [1.82, 2.24) is 5.32 Å². The third-order valence-corrected chi connectivity index (χ3v) is 1.27. The van der Waals surface area contributed by atoms with E-state index in [0.717, 1.165) is 6.54 Å². The standard InChI is InChI=1S/C9H17N/c1-3-5-7-9-10-8-6-4-2/h4,6,8,10H,2-3,5,7,9H2,1H3. The van der Waals surface area contributed by atoms with Crippen molar-refractivity contribution in [3.05, 3.63) is 24.9 Å². The first-order valence-electron chi connectivity index (χ1n) is 3.92. The van der Waals surface area contributed by atoms with Gasteiger partial charge in [0.2, 0.25) is 0 Å². The molecule has 0 spiro atoms. The molecule has 0 aliphatic heterocycles. The fraction of sp³-hybridized carbons (Fsp3) is 0.556. The second-order valence-electron chi connectivity index (χ2n) is 2.26. The fourth-order valence-corrected chi connectivity index (χ4v) is 0.696. The van der Waals surface area contributed by atoms with E-state index in [1.165, 1.54) is 19.3 Å². The Labute approximate surface area is 63.8 Å². The van der Waals surface area contributed by atoms with E-state index in [1.54, 1.807) is 6.08 Å². The van der Waals surface area contributed by atoms with Crippen LogP contribution in [-0.4, -0.2) is 6.54 Å². The van der Waals surface area contributed by atoms with Crippen molar-refractivity contribution in [2.75, 3.05) is 6.54 Å². The molecule has 0 amide bonds. The highest BCUT2D eigenvalue weighted by Crippen LogP contribution is 1.90. The Morgan fingerprint density at radius 3 is 2.80 bits per heavy atom. The first kappa shape index (κ1) is 9.28. The Morgan fingerprint density at radius 1 is 1.40 bits per heavy atom. The van der Waals surface area contributed by atoms with E-state index in [1.807, 2.05) is 12.3 Å². The minimum Gasteiger partial charge on any atom is -0.391 e. The summed E-state index contributed by atoms with van der Waals surface area (Å²) in [5.41, 5.74) is 0. The van der Waals surface area contributed by atoms with Crippen LogP contribution >= 0.6 is 0 Å². The molecule has 0 heterocycles. The highest BCUT2D eigenvalue weighted by Gasteiger charge is 1.80. The van der Waals surface area contributed by atoms with Gasteiger partial charge in [-0.25, -0.2) is 0 Å². The molecular formula is C9H17N. The zero-order valence-electron chi connectivity index (χ0n) is 6.77. The lowest BCUT2D eigenvalue weighted by Gasteiger charge is -1.96. The topological polar surface area (TPSA) is 12.0 Å². The van der Waals surface area contributed by atoms with Crippen LogP contribution in [0.1, 0.15) is 26.2 Å². The van der Waals surface area contributed by atoms with Crippen molar-refractivity contribution in [3.63, 3.8) is 0 Å². The summed E-state index contributed by atoms with van der Waals surface area (Å²) in [7, 11) is 0. The van der Waals surface area contributed by atoms with E-state index in [2.05, 4.69) is 18.8 Å². The van der Waals surface area contributed by atoms with Gasteiger partial charge in [-0.1, -0.05) is 32.4 Å². The van der Waals surface area contributed by atoms with Crippen LogP contribution < -0.4 is 5.32 Å². The van der Waals surface area contributed by atoms with Crippen LogP contribution in [0.15, 0.2) is 24.9 Å². The van der Waals surface area contributed by atoms with Crippen LogP contribution in [0.25, 0.3) is 0 Å². The molecule has 0 aromatic heterocycles. The van der Waals surface area contributed by atoms with E-state index in [0.29, 0.717) is 0 Å². The van der Waals surface area contributed by atoms with Gasteiger partial charge in [0.05, 0.1) is 0 Å². The molecule has 10 heavy (non-hydrogen) atoms. The molecule has 0 fully saturated rings. The van der Waals surface area contributed by atoms with Crippen molar-refractivity contribution >= 4 is 0 Å². The predicted molar refractivity (Wildman–Crippen MR) is 46.9 cm³/mol. The summed E-state index contributed by atoms with van der Waals surface area (Å²) in [6, 6.07) is 0. The van der Waals surface area contributed by atoms with E-state index >= 15 is 0 Å². The van der Waals surface area contributed by atoms with Crippen molar-refractivity contribution in [1.29, 1.82) is 0 Å². The molecule has 0 aliphatic carbocycles. The number of hydrogen-bond acceptors (Lipinski definition) is 1. The highest BCUT2D eigenvalue weighted by atomic mass is 14.8. The molecule has 0 saturated carbocycles. The Bertz CT molecular complexity index is 94.9. The normalized spacial score (nSPS) is 10.1. The van der Waals surface area contributed by atoms with Gasteiger partial charge in [0.1, 0.15) is 0 Å². The zero-order valence-corrected chi connectivity index (χ0v) is 6.77. The van der Waals surface area contributed by atoms with Gasteiger partial charge < -0.3 is 5.32 Å². The van der Waals surface area contributed by atoms with Crippen LogP contribution in [0.4, 0.5) is 0 Å². The third kappa shape index (κ3) is 7.28. The summed E-state index contributed by atoms with van der Waals surface area (Å²) in [6.45, 7) is 6.86. The van der Waals surface area contributed by atoms with Crippen LogP contribution in [0.3, 0.4) is 0 Å². The maximum atomic E-state index is 3.57. The van der Waals surface area contributed by atoms with E-state index in [-0.39, 0.29) is 0 Å². The Hall–Kier alpha value is -0.720. The van der Waals surface area contributed by atoms with Gasteiger partial charge in [-0.05, 0) is 18.7 Å². The first-order valence-corrected chi connectivity index (χ1v) is 3.92. The maximum absolute atomic E-state index is 3.57. The summed E-state index contributed by atoms with van der Waals surface area (Å²) in [5, 5.41) is 3.17. The second kappa shape index (κ2) is 8.28. The van der Waals surface area contributed by atoms with Crippen LogP contribution in [0.5, 0.6) is 0 Å². The van der Waals surface area contributed by atoms with Crippen LogP contribution in [-0.2, 0) is 0 Å². The molecule has 0 bridgehead atoms. The number of hydrogen-bond donors (Lipinski definition) is 1. The lowest BCUT2D eigenvalue weighted by atomic mass is 10.2. The molecule has 0 saturated heterocycles. The lowest BCUT2D eigenvalue weighted by molar-refractivity contribution is 0.683. The van der Waals surface area contributed by atoms with E-state index in [9.17, 15) is 0 Å². The predicted octanol–water partition coefficient (Wildman–Crippen LogP) is 2.47. The average Bonchev–Trinajstić information content (AvgIpc) is 1.97. The molecule has 0 aliphatic rings. The number of rotatable bonds is 6. The highest BCUT2D eigenvalue weighted by molar-refractivity contribution is 4.95. The smallest absolute Gasteiger partial charge is 0.0141 e. The van der Waals surface area contributed by atoms with Crippen molar-refractivity contribution in [2.24, 2.45) is 0 Å². The maximum Gasteiger partial charge on any atom is 0.0141 e. The molecule has 0 radical (unpaired) electrons. The SMILES string of the molecule is C=CC=CNCCCCC. The molecule has 0 atom stereocenters. The van der Waals surface area contributed by atoms with Gasteiger partial charge in [-0.2, -0.15) is 0 Å². The molecule has 1 heteroatoms. The monoisotopic (exact) mass is 139 g/mol. The summed E-state index contributed by atoms with van der Waals surface area (Å²) in [4.78, 5) is 0. The molecule has 1 nitrogen and oxygen atoms in total. The minimum atomic E-state index is 1.08. The molecular weight excluding hydrogens is 122 g/mol. The first-order chi connectivity index (χ1) is 4.91.